The number of hydrogen-bond acceptors (Lipinski definition) is 3. The standard InChI is InChI=1S/C14H12O3S/c1-18-13-8-3-2-7-12(13)17-11-6-4-5-10(9-11)14(15)16/h2-9H,1H3,(H,15,16). The SMILES string of the molecule is CSc1ccccc1Oc1cccc(C(=O)O)c1. The van der Waals surface area contributed by atoms with E-state index >= 15 is 0 Å². The van der Waals surface area contributed by atoms with Crippen LogP contribution in [0.4, 0.5) is 0 Å². The van der Waals surface area contributed by atoms with Crippen LogP contribution in [0, 0.1) is 0 Å². The van der Waals surface area contributed by atoms with Gasteiger partial charge in [-0.15, -0.1) is 11.8 Å². The molecule has 0 atom stereocenters. The molecule has 0 radical (unpaired) electrons. The number of thioether (sulfide) groups is 1. The Morgan fingerprint density at radius 3 is 2.67 bits per heavy atom. The van der Waals surface area contributed by atoms with Crippen LogP contribution in [0.2, 0.25) is 0 Å². The predicted molar refractivity (Wildman–Crippen MR) is 71.7 cm³/mol. The van der Waals surface area contributed by atoms with Crippen LogP contribution in [0.25, 0.3) is 0 Å². The summed E-state index contributed by atoms with van der Waals surface area (Å²) in [6.07, 6.45) is 1.97. The highest BCUT2D eigenvalue weighted by molar-refractivity contribution is 7.98. The molecule has 0 aliphatic heterocycles. The van der Waals surface area contributed by atoms with Gasteiger partial charge in [0.05, 0.1) is 5.56 Å². The molecule has 4 heteroatoms. The molecule has 0 spiro atoms. The molecule has 0 aromatic heterocycles. The smallest absolute Gasteiger partial charge is 0.335 e. The van der Waals surface area contributed by atoms with Crippen LogP contribution in [0.3, 0.4) is 0 Å². The fourth-order valence-electron chi connectivity index (χ4n) is 1.52. The van der Waals surface area contributed by atoms with Crippen molar-refractivity contribution >= 4 is 17.7 Å². The quantitative estimate of drug-likeness (QED) is 0.847. The fraction of sp³-hybridized carbons (Fsp3) is 0.0714. The number of carboxylic acids is 1. The van der Waals surface area contributed by atoms with Crippen molar-refractivity contribution in [2.75, 3.05) is 6.26 Å². The second kappa shape index (κ2) is 5.60. The minimum Gasteiger partial charge on any atom is -0.478 e. The Labute approximate surface area is 109 Å². The summed E-state index contributed by atoms with van der Waals surface area (Å²) in [5.74, 6) is 0.294. The minimum absolute atomic E-state index is 0.217. The topological polar surface area (TPSA) is 46.5 Å². The predicted octanol–water partition coefficient (Wildman–Crippen LogP) is 3.90. The van der Waals surface area contributed by atoms with Gasteiger partial charge >= 0.3 is 5.97 Å². The van der Waals surface area contributed by atoms with E-state index in [4.69, 9.17) is 9.84 Å². The molecule has 2 aromatic rings. The van der Waals surface area contributed by atoms with Gasteiger partial charge in [-0.05, 0) is 36.6 Å². The molecule has 18 heavy (non-hydrogen) atoms. The molecular weight excluding hydrogens is 248 g/mol. The fourth-order valence-corrected chi connectivity index (χ4v) is 2.05. The highest BCUT2D eigenvalue weighted by Gasteiger charge is 2.06. The van der Waals surface area contributed by atoms with Crippen LogP contribution in [0.1, 0.15) is 10.4 Å². The van der Waals surface area contributed by atoms with Gasteiger partial charge in [0.1, 0.15) is 11.5 Å². The lowest BCUT2D eigenvalue weighted by Crippen LogP contribution is -1.96. The van der Waals surface area contributed by atoms with Crippen molar-refractivity contribution in [1.82, 2.24) is 0 Å². The Morgan fingerprint density at radius 2 is 1.94 bits per heavy atom. The normalized spacial score (nSPS) is 10.1. The number of carbonyl (C=O) groups is 1. The summed E-state index contributed by atoms with van der Waals surface area (Å²) in [7, 11) is 0. The van der Waals surface area contributed by atoms with Crippen LogP contribution in [0.15, 0.2) is 53.4 Å². The van der Waals surface area contributed by atoms with Gasteiger partial charge in [0.15, 0.2) is 0 Å². The molecule has 0 saturated carbocycles. The van der Waals surface area contributed by atoms with Gasteiger partial charge in [-0.1, -0.05) is 18.2 Å². The zero-order chi connectivity index (χ0) is 13.0. The van der Waals surface area contributed by atoms with Crippen LogP contribution in [-0.4, -0.2) is 17.3 Å². The van der Waals surface area contributed by atoms with Crippen molar-refractivity contribution in [3.05, 3.63) is 54.1 Å². The molecule has 0 aliphatic carbocycles. The van der Waals surface area contributed by atoms with E-state index < -0.39 is 5.97 Å². The maximum Gasteiger partial charge on any atom is 0.335 e. The van der Waals surface area contributed by atoms with Crippen LogP contribution < -0.4 is 4.74 Å². The molecule has 0 heterocycles. The van der Waals surface area contributed by atoms with E-state index in [0.717, 1.165) is 10.6 Å². The highest BCUT2D eigenvalue weighted by atomic mass is 32.2. The molecule has 2 aromatic carbocycles. The van der Waals surface area contributed by atoms with E-state index in [1.54, 1.807) is 23.9 Å². The van der Waals surface area contributed by atoms with E-state index in [2.05, 4.69) is 0 Å². The first-order valence-corrected chi connectivity index (χ1v) is 6.57. The number of carboxylic acid groups (broad SMARTS) is 1. The Bertz CT molecular complexity index is 566. The zero-order valence-corrected chi connectivity index (χ0v) is 10.6. The summed E-state index contributed by atoms with van der Waals surface area (Å²) in [5, 5.41) is 8.92. The minimum atomic E-state index is -0.960. The number of ether oxygens (including phenoxy) is 1. The lowest BCUT2D eigenvalue weighted by molar-refractivity contribution is 0.0696. The van der Waals surface area contributed by atoms with Gasteiger partial charge in [0.25, 0.3) is 0 Å². The average molecular weight is 260 g/mol. The number of para-hydroxylation sites is 1. The van der Waals surface area contributed by atoms with Gasteiger partial charge in [-0.3, -0.25) is 0 Å². The van der Waals surface area contributed by atoms with E-state index in [-0.39, 0.29) is 5.56 Å². The monoisotopic (exact) mass is 260 g/mol. The summed E-state index contributed by atoms with van der Waals surface area (Å²) in [5.41, 5.74) is 0.217. The van der Waals surface area contributed by atoms with Crippen molar-refractivity contribution in [1.29, 1.82) is 0 Å². The Hall–Kier alpha value is -1.94. The molecule has 0 unspecified atom stereocenters. The average Bonchev–Trinajstić information content (AvgIpc) is 2.39. The van der Waals surface area contributed by atoms with Crippen molar-refractivity contribution in [2.45, 2.75) is 4.90 Å². The third kappa shape index (κ3) is 2.84. The van der Waals surface area contributed by atoms with E-state index in [1.807, 2.05) is 30.5 Å². The van der Waals surface area contributed by atoms with Gasteiger partial charge in [0, 0.05) is 4.90 Å². The third-order valence-corrected chi connectivity index (χ3v) is 3.15. The van der Waals surface area contributed by atoms with Gasteiger partial charge < -0.3 is 9.84 Å². The maximum absolute atomic E-state index is 10.9. The molecule has 92 valence electrons. The number of benzene rings is 2. The molecular formula is C14H12O3S. The molecule has 3 nitrogen and oxygen atoms in total. The highest BCUT2D eigenvalue weighted by Crippen LogP contribution is 2.31. The molecule has 0 bridgehead atoms. The molecule has 0 saturated heterocycles. The summed E-state index contributed by atoms with van der Waals surface area (Å²) in [6.45, 7) is 0. The summed E-state index contributed by atoms with van der Waals surface area (Å²) in [6, 6.07) is 14.1. The van der Waals surface area contributed by atoms with E-state index in [0.29, 0.717) is 5.75 Å². The molecule has 0 aliphatic rings. The summed E-state index contributed by atoms with van der Waals surface area (Å²) in [4.78, 5) is 11.9. The summed E-state index contributed by atoms with van der Waals surface area (Å²) >= 11 is 1.58. The van der Waals surface area contributed by atoms with Crippen molar-refractivity contribution in [3.8, 4) is 11.5 Å². The summed E-state index contributed by atoms with van der Waals surface area (Å²) < 4.78 is 5.71. The van der Waals surface area contributed by atoms with Gasteiger partial charge in [-0.2, -0.15) is 0 Å². The lowest BCUT2D eigenvalue weighted by Gasteiger charge is -2.09. The molecule has 0 amide bonds. The first kappa shape index (κ1) is 12.5. The molecule has 1 N–H and O–H groups in total. The third-order valence-electron chi connectivity index (χ3n) is 2.38. The van der Waals surface area contributed by atoms with E-state index in [9.17, 15) is 4.79 Å². The zero-order valence-electron chi connectivity index (χ0n) is 9.79. The van der Waals surface area contributed by atoms with Crippen LogP contribution in [0.5, 0.6) is 11.5 Å². The Balaban J connectivity index is 2.28. The largest absolute Gasteiger partial charge is 0.478 e. The second-order valence-electron chi connectivity index (χ2n) is 3.59. The van der Waals surface area contributed by atoms with E-state index in [1.165, 1.54) is 12.1 Å². The Morgan fingerprint density at radius 1 is 1.17 bits per heavy atom. The first-order chi connectivity index (χ1) is 8.70. The number of hydrogen-bond donors (Lipinski definition) is 1. The molecule has 0 fully saturated rings. The Kier molecular flexibility index (Phi) is 3.89. The number of aromatic carboxylic acids is 1. The number of rotatable bonds is 4. The lowest BCUT2D eigenvalue weighted by atomic mass is 10.2. The van der Waals surface area contributed by atoms with Crippen LogP contribution in [-0.2, 0) is 0 Å². The van der Waals surface area contributed by atoms with Gasteiger partial charge in [-0.25, -0.2) is 4.79 Å². The first-order valence-electron chi connectivity index (χ1n) is 5.35. The van der Waals surface area contributed by atoms with Crippen LogP contribution >= 0.6 is 11.8 Å². The van der Waals surface area contributed by atoms with Gasteiger partial charge in [0.2, 0.25) is 0 Å². The molecule has 2 rings (SSSR count). The second-order valence-corrected chi connectivity index (χ2v) is 4.43. The van der Waals surface area contributed by atoms with Crippen molar-refractivity contribution in [2.24, 2.45) is 0 Å². The van der Waals surface area contributed by atoms with Crippen molar-refractivity contribution in [3.63, 3.8) is 0 Å². The maximum atomic E-state index is 10.9. The van der Waals surface area contributed by atoms with Crippen molar-refractivity contribution < 1.29 is 14.6 Å².